The van der Waals surface area contributed by atoms with Gasteiger partial charge < -0.3 is 9.47 Å². The zero-order valence-electron chi connectivity index (χ0n) is 7.89. The molecule has 0 bridgehead atoms. The summed E-state index contributed by atoms with van der Waals surface area (Å²) >= 11 is 0. The van der Waals surface area contributed by atoms with Crippen LogP contribution in [0.4, 0.5) is 0 Å². The standard InChI is InChI=1S/C8H16O2Si/c1-9-8(10-2)6-7-11(3,4)5/h8H,1-5H3. The van der Waals surface area contributed by atoms with Gasteiger partial charge in [-0.25, -0.2) is 0 Å². The molecule has 11 heavy (non-hydrogen) atoms. The maximum atomic E-state index is 4.92. The SMILES string of the molecule is COC(C#C[Si](C)(C)C)OC. The number of hydrogen-bond donors (Lipinski definition) is 0. The number of hydrogen-bond acceptors (Lipinski definition) is 2. The topological polar surface area (TPSA) is 18.5 Å². The van der Waals surface area contributed by atoms with Gasteiger partial charge in [0.15, 0.2) is 0 Å². The van der Waals surface area contributed by atoms with E-state index < -0.39 is 8.07 Å². The first kappa shape index (κ1) is 10.7. The van der Waals surface area contributed by atoms with E-state index in [2.05, 4.69) is 31.1 Å². The lowest BCUT2D eigenvalue weighted by Gasteiger charge is -2.07. The molecule has 0 aliphatic heterocycles. The van der Waals surface area contributed by atoms with Crippen molar-refractivity contribution in [2.75, 3.05) is 14.2 Å². The van der Waals surface area contributed by atoms with Crippen molar-refractivity contribution in [1.82, 2.24) is 0 Å². The van der Waals surface area contributed by atoms with Gasteiger partial charge >= 0.3 is 0 Å². The van der Waals surface area contributed by atoms with Crippen LogP contribution in [-0.2, 0) is 9.47 Å². The second-order valence-corrected chi connectivity index (χ2v) is 8.07. The molecule has 0 amide bonds. The fraction of sp³-hybridized carbons (Fsp3) is 0.750. The van der Waals surface area contributed by atoms with E-state index in [0.29, 0.717) is 0 Å². The van der Waals surface area contributed by atoms with E-state index in [4.69, 9.17) is 9.47 Å². The summed E-state index contributed by atoms with van der Waals surface area (Å²) in [5.41, 5.74) is 3.16. The minimum atomic E-state index is -1.27. The average Bonchev–Trinajstić information content (AvgIpc) is 1.88. The Balaban J connectivity index is 4.04. The Kier molecular flexibility index (Phi) is 4.42. The van der Waals surface area contributed by atoms with Gasteiger partial charge in [0.1, 0.15) is 8.07 Å². The smallest absolute Gasteiger partial charge is 0.221 e. The molecule has 0 fully saturated rings. The molecule has 64 valence electrons. The third-order valence-corrected chi connectivity index (χ3v) is 1.89. The third-order valence-electron chi connectivity index (χ3n) is 0.993. The number of rotatable bonds is 2. The lowest BCUT2D eigenvalue weighted by atomic mass is 10.7. The first-order valence-corrected chi connectivity index (χ1v) is 7.08. The van der Waals surface area contributed by atoms with Crippen molar-refractivity contribution in [1.29, 1.82) is 0 Å². The molecule has 2 nitrogen and oxygen atoms in total. The predicted octanol–water partition coefficient (Wildman–Crippen LogP) is 1.49. The maximum absolute atomic E-state index is 4.92. The van der Waals surface area contributed by atoms with Crippen molar-refractivity contribution in [3.63, 3.8) is 0 Å². The Labute approximate surface area is 69.9 Å². The minimum Gasteiger partial charge on any atom is -0.345 e. The molecule has 0 saturated carbocycles. The number of methoxy groups -OCH3 is 2. The average molecular weight is 172 g/mol. The molecule has 0 heterocycles. The van der Waals surface area contributed by atoms with Gasteiger partial charge in [0.05, 0.1) is 0 Å². The van der Waals surface area contributed by atoms with E-state index in [1.165, 1.54) is 0 Å². The first-order valence-electron chi connectivity index (χ1n) is 3.58. The van der Waals surface area contributed by atoms with E-state index >= 15 is 0 Å². The zero-order chi connectivity index (χ0) is 8.91. The van der Waals surface area contributed by atoms with Crippen molar-refractivity contribution in [2.45, 2.75) is 25.9 Å². The summed E-state index contributed by atoms with van der Waals surface area (Å²) in [5.74, 6) is 2.93. The summed E-state index contributed by atoms with van der Waals surface area (Å²) in [6.07, 6.45) is -0.360. The predicted molar refractivity (Wildman–Crippen MR) is 48.9 cm³/mol. The maximum Gasteiger partial charge on any atom is 0.221 e. The van der Waals surface area contributed by atoms with Crippen LogP contribution in [-0.4, -0.2) is 28.6 Å². The highest BCUT2D eigenvalue weighted by Gasteiger charge is 2.08. The highest BCUT2D eigenvalue weighted by Crippen LogP contribution is 1.97. The second-order valence-electron chi connectivity index (χ2n) is 3.32. The van der Waals surface area contributed by atoms with E-state index in [1.54, 1.807) is 14.2 Å². The molecule has 0 aromatic carbocycles. The van der Waals surface area contributed by atoms with Gasteiger partial charge in [0, 0.05) is 14.2 Å². The minimum absolute atomic E-state index is 0.360. The van der Waals surface area contributed by atoms with Crippen LogP contribution in [0.1, 0.15) is 0 Å². The molecule has 0 aliphatic rings. The molecular weight excluding hydrogens is 156 g/mol. The Morgan fingerprint density at radius 3 is 1.82 bits per heavy atom. The monoisotopic (exact) mass is 172 g/mol. The molecular formula is C8H16O2Si. The fourth-order valence-corrected chi connectivity index (χ4v) is 1.04. The van der Waals surface area contributed by atoms with Crippen molar-refractivity contribution in [2.24, 2.45) is 0 Å². The second kappa shape index (κ2) is 4.55. The van der Waals surface area contributed by atoms with Crippen LogP contribution in [0, 0.1) is 11.5 Å². The summed E-state index contributed by atoms with van der Waals surface area (Å²) in [4.78, 5) is 0. The summed E-state index contributed by atoms with van der Waals surface area (Å²) in [5, 5.41) is 0. The molecule has 0 radical (unpaired) electrons. The van der Waals surface area contributed by atoms with Gasteiger partial charge in [0.2, 0.25) is 6.29 Å². The highest BCUT2D eigenvalue weighted by molar-refractivity contribution is 6.83. The molecule has 0 aromatic heterocycles. The van der Waals surface area contributed by atoms with E-state index in [1.807, 2.05) is 0 Å². The Morgan fingerprint density at radius 2 is 1.55 bits per heavy atom. The van der Waals surface area contributed by atoms with Crippen molar-refractivity contribution in [3.8, 4) is 11.5 Å². The molecule has 3 heteroatoms. The lowest BCUT2D eigenvalue weighted by Crippen LogP contribution is -2.19. The summed E-state index contributed by atoms with van der Waals surface area (Å²) < 4.78 is 9.84. The molecule has 0 unspecified atom stereocenters. The summed E-state index contributed by atoms with van der Waals surface area (Å²) in [6.45, 7) is 6.55. The number of ether oxygens (including phenoxy) is 2. The van der Waals surface area contributed by atoms with Gasteiger partial charge in [-0.15, -0.1) is 5.54 Å². The van der Waals surface area contributed by atoms with Gasteiger partial charge in [-0.05, 0) is 5.92 Å². The molecule has 0 aliphatic carbocycles. The summed E-state index contributed by atoms with van der Waals surface area (Å²) in [7, 11) is 1.91. The molecule has 0 spiro atoms. The third kappa shape index (κ3) is 6.11. The Hall–Kier alpha value is -0.303. The van der Waals surface area contributed by atoms with Crippen molar-refractivity contribution >= 4 is 8.07 Å². The molecule has 0 atom stereocenters. The Morgan fingerprint density at radius 1 is 1.09 bits per heavy atom. The van der Waals surface area contributed by atoms with Gasteiger partial charge in [0.25, 0.3) is 0 Å². The van der Waals surface area contributed by atoms with E-state index in [9.17, 15) is 0 Å². The van der Waals surface area contributed by atoms with Gasteiger partial charge in [-0.1, -0.05) is 19.6 Å². The van der Waals surface area contributed by atoms with Crippen LogP contribution < -0.4 is 0 Å². The van der Waals surface area contributed by atoms with Crippen LogP contribution >= 0.6 is 0 Å². The van der Waals surface area contributed by atoms with Crippen LogP contribution in [0.5, 0.6) is 0 Å². The lowest BCUT2D eigenvalue weighted by molar-refractivity contribution is -0.0595. The Bertz CT molecular complexity index is 157. The van der Waals surface area contributed by atoms with Crippen LogP contribution in [0.2, 0.25) is 19.6 Å². The van der Waals surface area contributed by atoms with Crippen molar-refractivity contribution < 1.29 is 9.47 Å². The normalized spacial score (nSPS) is 11.1. The fourth-order valence-electron chi connectivity index (χ4n) is 0.490. The van der Waals surface area contributed by atoms with Crippen LogP contribution in [0.3, 0.4) is 0 Å². The van der Waals surface area contributed by atoms with E-state index in [-0.39, 0.29) is 6.29 Å². The van der Waals surface area contributed by atoms with Crippen molar-refractivity contribution in [3.05, 3.63) is 0 Å². The van der Waals surface area contributed by atoms with Crippen LogP contribution in [0.25, 0.3) is 0 Å². The zero-order valence-corrected chi connectivity index (χ0v) is 8.89. The highest BCUT2D eigenvalue weighted by atomic mass is 28.3. The largest absolute Gasteiger partial charge is 0.345 e. The summed E-state index contributed by atoms with van der Waals surface area (Å²) in [6, 6.07) is 0. The van der Waals surface area contributed by atoms with Crippen LogP contribution in [0.15, 0.2) is 0 Å². The molecule has 0 N–H and O–H groups in total. The molecule has 0 rings (SSSR count). The molecule has 0 aromatic rings. The quantitative estimate of drug-likeness (QED) is 0.357. The van der Waals surface area contributed by atoms with Gasteiger partial charge in [-0.3, -0.25) is 0 Å². The first-order chi connectivity index (χ1) is 4.99. The molecule has 0 saturated heterocycles. The van der Waals surface area contributed by atoms with Gasteiger partial charge in [-0.2, -0.15) is 0 Å². The van der Waals surface area contributed by atoms with E-state index in [0.717, 1.165) is 0 Å².